The monoisotopic (exact) mass is 438 g/mol. The zero-order valence-electron chi connectivity index (χ0n) is 16.0. The van der Waals surface area contributed by atoms with Crippen LogP contribution in [0.25, 0.3) is 11.1 Å². The number of alkyl halides is 1. The summed E-state index contributed by atoms with van der Waals surface area (Å²) in [7, 11) is -3.98. The predicted octanol–water partition coefficient (Wildman–Crippen LogP) is 3.18. The maximum absolute atomic E-state index is 14.3. The number of benzene rings is 2. The van der Waals surface area contributed by atoms with Gasteiger partial charge in [0.15, 0.2) is 0 Å². The van der Waals surface area contributed by atoms with E-state index in [4.69, 9.17) is 0 Å². The molecule has 1 aliphatic carbocycles. The Morgan fingerprint density at radius 1 is 1.10 bits per heavy atom. The Morgan fingerprint density at radius 3 is 2.50 bits per heavy atom. The summed E-state index contributed by atoms with van der Waals surface area (Å²) < 4.78 is 66.2. The fraction of sp³-hybridized carbons (Fsp3) is 0.381. The molecular weight excluding hydrogens is 417 g/mol. The van der Waals surface area contributed by atoms with Gasteiger partial charge in [0.05, 0.1) is 5.56 Å². The van der Waals surface area contributed by atoms with Gasteiger partial charge in [-0.25, -0.2) is 26.3 Å². The summed E-state index contributed by atoms with van der Waals surface area (Å²) in [6.45, 7) is 0.565. The molecular formula is C21H21F3N2O3S. The molecule has 1 aliphatic heterocycles. The first-order chi connectivity index (χ1) is 14.3. The van der Waals surface area contributed by atoms with E-state index in [0.29, 0.717) is 30.5 Å². The minimum atomic E-state index is -3.98. The third-order valence-corrected chi connectivity index (χ3v) is 6.67. The van der Waals surface area contributed by atoms with Gasteiger partial charge in [-0.15, -0.1) is 0 Å². The van der Waals surface area contributed by atoms with Crippen LogP contribution in [0.15, 0.2) is 42.5 Å². The van der Waals surface area contributed by atoms with Gasteiger partial charge in [0.1, 0.15) is 11.6 Å². The van der Waals surface area contributed by atoms with Crippen molar-refractivity contribution in [3.8, 4) is 11.1 Å². The van der Waals surface area contributed by atoms with Crippen molar-refractivity contribution >= 4 is 15.9 Å². The van der Waals surface area contributed by atoms with Crippen molar-refractivity contribution in [3.63, 3.8) is 0 Å². The van der Waals surface area contributed by atoms with Crippen LogP contribution in [0, 0.1) is 17.6 Å². The molecule has 2 aromatic carbocycles. The first kappa shape index (κ1) is 20.9. The highest BCUT2D eigenvalue weighted by Gasteiger charge is 2.48. The van der Waals surface area contributed by atoms with E-state index in [1.54, 1.807) is 29.2 Å². The second-order valence-electron chi connectivity index (χ2n) is 7.74. The molecule has 1 saturated carbocycles. The van der Waals surface area contributed by atoms with Crippen LogP contribution in [-0.4, -0.2) is 44.4 Å². The maximum atomic E-state index is 14.3. The molecule has 1 heterocycles. The van der Waals surface area contributed by atoms with Crippen molar-refractivity contribution < 1.29 is 26.4 Å². The fourth-order valence-corrected chi connectivity index (χ4v) is 4.95. The maximum Gasteiger partial charge on any atom is 0.241 e. The number of amides is 1. The molecule has 1 amide bonds. The number of hydrogen-bond donors (Lipinski definition) is 1. The average Bonchev–Trinajstić information content (AvgIpc) is 3.38. The summed E-state index contributed by atoms with van der Waals surface area (Å²) in [5.41, 5.74) is 1.05. The molecule has 0 bridgehead atoms. The van der Waals surface area contributed by atoms with Gasteiger partial charge in [-0.2, -0.15) is 0 Å². The normalized spacial score (nSPS) is 23.6. The predicted molar refractivity (Wildman–Crippen MR) is 106 cm³/mol. The van der Waals surface area contributed by atoms with Crippen LogP contribution in [0.2, 0.25) is 0 Å². The molecule has 30 heavy (non-hydrogen) atoms. The highest BCUT2D eigenvalue weighted by Crippen LogP contribution is 2.51. The Balaban J connectivity index is 1.49. The molecule has 1 saturated heterocycles. The van der Waals surface area contributed by atoms with Crippen LogP contribution >= 0.6 is 0 Å². The lowest BCUT2D eigenvalue weighted by Crippen LogP contribution is -2.39. The van der Waals surface area contributed by atoms with E-state index >= 15 is 0 Å². The summed E-state index contributed by atoms with van der Waals surface area (Å²) in [5.74, 6) is -1.92. The largest absolute Gasteiger partial charge is 0.341 e. The van der Waals surface area contributed by atoms with Crippen LogP contribution < -0.4 is 4.72 Å². The number of rotatable bonds is 6. The molecule has 2 aliphatic rings. The molecule has 2 aromatic rings. The minimum absolute atomic E-state index is 0.104. The van der Waals surface area contributed by atoms with Crippen molar-refractivity contribution in [2.45, 2.75) is 24.8 Å². The standard InChI is InChI=1S/C21H21F3N2O3S/c22-12-30(28,29)25-13-8-9-26(11-13)21(27)17-10-16(17)14-4-1-2-5-15(14)20-18(23)6-3-7-19(20)24/h1-7,13,16-17,25H,8-12H2/t13-,16+,17-/m0/s1. The number of nitrogens with zero attached hydrogens (tertiary/aromatic N) is 1. The Bertz CT molecular complexity index is 1060. The average molecular weight is 438 g/mol. The van der Waals surface area contributed by atoms with Crippen molar-refractivity contribution in [1.82, 2.24) is 9.62 Å². The zero-order valence-corrected chi connectivity index (χ0v) is 16.8. The van der Waals surface area contributed by atoms with Gasteiger partial charge >= 0.3 is 0 Å². The summed E-state index contributed by atoms with van der Waals surface area (Å²) in [4.78, 5) is 14.5. The Morgan fingerprint density at radius 2 is 1.80 bits per heavy atom. The fourth-order valence-electron chi connectivity index (χ4n) is 4.19. The number of carbonyl (C=O) groups is 1. The van der Waals surface area contributed by atoms with Crippen LogP contribution in [0.1, 0.15) is 24.3 Å². The molecule has 5 nitrogen and oxygen atoms in total. The lowest BCUT2D eigenvalue weighted by atomic mass is 9.95. The third kappa shape index (κ3) is 4.09. The second-order valence-corrected chi connectivity index (χ2v) is 9.43. The minimum Gasteiger partial charge on any atom is -0.341 e. The Kier molecular flexibility index (Phi) is 5.59. The number of sulfonamides is 1. The topological polar surface area (TPSA) is 66.5 Å². The van der Waals surface area contributed by atoms with Crippen molar-refractivity contribution in [2.75, 3.05) is 19.1 Å². The van der Waals surface area contributed by atoms with E-state index in [1.807, 2.05) is 0 Å². The van der Waals surface area contributed by atoms with Gasteiger partial charge in [-0.05, 0) is 42.0 Å². The number of halogens is 3. The van der Waals surface area contributed by atoms with E-state index in [2.05, 4.69) is 4.72 Å². The summed E-state index contributed by atoms with van der Waals surface area (Å²) in [6, 6.07) is 8.61. The molecule has 2 fully saturated rings. The van der Waals surface area contributed by atoms with E-state index in [1.165, 1.54) is 18.2 Å². The molecule has 3 atom stereocenters. The van der Waals surface area contributed by atoms with Crippen LogP contribution in [0.5, 0.6) is 0 Å². The van der Waals surface area contributed by atoms with Crippen molar-refractivity contribution in [3.05, 3.63) is 59.7 Å². The molecule has 0 unspecified atom stereocenters. The van der Waals surface area contributed by atoms with E-state index in [0.717, 1.165) is 0 Å². The highest BCUT2D eigenvalue weighted by molar-refractivity contribution is 7.89. The number of carbonyl (C=O) groups excluding carboxylic acids is 1. The van der Waals surface area contributed by atoms with Gasteiger partial charge in [0, 0.05) is 25.0 Å². The molecule has 4 rings (SSSR count). The smallest absolute Gasteiger partial charge is 0.241 e. The first-order valence-electron chi connectivity index (χ1n) is 9.69. The van der Waals surface area contributed by atoms with Crippen LogP contribution in [0.3, 0.4) is 0 Å². The molecule has 0 radical (unpaired) electrons. The van der Waals surface area contributed by atoms with Gasteiger partial charge in [-0.1, -0.05) is 30.3 Å². The number of hydrogen-bond acceptors (Lipinski definition) is 3. The van der Waals surface area contributed by atoms with E-state index < -0.39 is 33.7 Å². The number of likely N-dealkylation sites (tertiary alicyclic amines) is 1. The van der Waals surface area contributed by atoms with Crippen LogP contribution in [-0.2, 0) is 14.8 Å². The third-order valence-electron chi connectivity index (χ3n) is 5.69. The zero-order chi connectivity index (χ0) is 21.5. The lowest BCUT2D eigenvalue weighted by molar-refractivity contribution is -0.131. The van der Waals surface area contributed by atoms with Crippen molar-refractivity contribution in [2.24, 2.45) is 5.92 Å². The first-order valence-corrected chi connectivity index (χ1v) is 11.3. The van der Waals surface area contributed by atoms with E-state index in [-0.39, 0.29) is 29.9 Å². The van der Waals surface area contributed by atoms with Gasteiger partial charge in [-0.3, -0.25) is 4.79 Å². The summed E-state index contributed by atoms with van der Waals surface area (Å²) >= 11 is 0. The lowest BCUT2D eigenvalue weighted by Gasteiger charge is -2.17. The van der Waals surface area contributed by atoms with E-state index in [9.17, 15) is 26.4 Å². The molecule has 160 valence electrons. The van der Waals surface area contributed by atoms with Gasteiger partial charge < -0.3 is 4.90 Å². The molecule has 9 heteroatoms. The number of nitrogens with one attached hydrogen (secondary N) is 1. The van der Waals surface area contributed by atoms with Gasteiger partial charge in [0.2, 0.25) is 21.9 Å². The van der Waals surface area contributed by atoms with Crippen molar-refractivity contribution in [1.29, 1.82) is 0 Å². The molecule has 1 N–H and O–H groups in total. The SMILES string of the molecule is O=C([C@H]1C[C@@H]1c1ccccc1-c1c(F)cccc1F)N1CC[C@H](NS(=O)(=O)CF)C1. The summed E-state index contributed by atoms with van der Waals surface area (Å²) in [5, 5.41) is 0. The second kappa shape index (κ2) is 8.03. The van der Waals surface area contributed by atoms with Crippen LogP contribution in [0.4, 0.5) is 13.2 Å². The summed E-state index contributed by atoms with van der Waals surface area (Å²) in [6.07, 6.45) is 0.975. The molecule has 0 spiro atoms. The Hall–Kier alpha value is -2.39. The Labute approximate surface area is 172 Å². The van der Waals surface area contributed by atoms with Gasteiger partial charge in [0.25, 0.3) is 0 Å². The molecule has 0 aromatic heterocycles. The quantitative estimate of drug-likeness (QED) is 0.754. The highest BCUT2D eigenvalue weighted by atomic mass is 32.2.